The second-order valence-electron chi connectivity index (χ2n) is 6.27. The highest BCUT2D eigenvalue weighted by Crippen LogP contribution is 2.42. The average molecular weight is 309 g/mol. The van der Waals surface area contributed by atoms with Crippen LogP contribution in [-0.2, 0) is 4.79 Å². The van der Waals surface area contributed by atoms with Gasteiger partial charge in [0.05, 0.1) is 17.3 Å². The molecule has 4 rings (SSSR count). The molecule has 0 saturated carbocycles. The van der Waals surface area contributed by atoms with Gasteiger partial charge in [-0.25, -0.2) is 9.97 Å². The molecule has 6 nitrogen and oxygen atoms in total. The van der Waals surface area contributed by atoms with Gasteiger partial charge in [-0.2, -0.15) is 0 Å². The number of rotatable bonds is 2. The Hall–Kier alpha value is -2.50. The number of amides is 1. The van der Waals surface area contributed by atoms with Crippen molar-refractivity contribution >= 4 is 17.5 Å². The molecule has 23 heavy (non-hydrogen) atoms. The van der Waals surface area contributed by atoms with E-state index in [1.807, 2.05) is 23.1 Å². The summed E-state index contributed by atoms with van der Waals surface area (Å²) >= 11 is 0. The fraction of sp³-hybridized carbons (Fsp3) is 0.412. The number of piperidine rings is 1. The van der Waals surface area contributed by atoms with Crippen LogP contribution in [0.5, 0.6) is 0 Å². The van der Waals surface area contributed by atoms with Gasteiger partial charge >= 0.3 is 0 Å². The van der Waals surface area contributed by atoms with Crippen molar-refractivity contribution in [3.05, 3.63) is 43.0 Å². The third-order valence-electron chi connectivity index (χ3n) is 4.88. The fourth-order valence-corrected chi connectivity index (χ4v) is 3.72. The minimum atomic E-state index is -0.312. The first-order chi connectivity index (χ1) is 11.3. The molecule has 2 aliphatic rings. The molecule has 1 unspecified atom stereocenters. The summed E-state index contributed by atoms with van der Waals surface area (Å²) in [4.78, 5) is 29.9. The standard InChI is InChI=1S/C17H19N5O/c23-15-17(6-11-22(15)14-4-1-7-18-12-14)5-2-10-21(13-17)16-19-8-3-9-20-16/h1,3-4,7-9,12H,2,5-6,10-11,13H2. The largest absolute Gasteiger partial charge is 0.340 e. The molecular formula is C17H19N5O. The normalized spacial score (nSPS) is 24.4. The van der Waals surface area contributed by atoms with Crippen molar-refractivity contribution in [3.63, 3.8) is 0 Å². The fourth-order valence-electron chi connectivity index (χ4n) is 3.72. The second-order valence-corrected chi connectivity index (χ2v) is 6.27. The van der Waals surface area contributed by atoms with E-state index in [0.717, 1.165) is 44.0 Å². The predicted octanol–water partition coefficient (Wildman–Crippen LogP) is 1.90. The smallest absolute Gasteiger partial charge is 0.235 e. The first-order valence-electron chi connectivity index (χ1n) is 8.02. The van der Waals surface area contributed by atoms with Crippen molar-refractivity contribution in [1.82, 2.24) is 15.0 Å². The van der Waals surface area contributed by atoms with Crippen LogP contribution in [0.1, 0.15) is 19.3 Å². The van der Waals surface area contributed by atoms with Crippen LogP contribution in [0, 0.1) is 5.41 Å². The highest BCUT2D eigenvalue weighted by Gasteiger charge is 2.49. The van der Waals surface area contributed by atoms with Gasteiger partial charge in [0.1, 0.15) is 0 Å². The van der Waals surface area contributed by atoms with Gasteiger partial charge in [0, 0.05) is 38.2 Å². The lowest BCUT2D eigenvalue weighted by atomic mass is 9.78. The van der Waals surface area contributed by atoms with E-state index in [0.29, 0.717) is 6.54 Å². The van der Waals surface area contributed by atoms with Crippen LogP contribution >= 0.6 is 0 Å². The average Bonchev–Trinajstić information content (AvgIpc) is 2.93. The first-order valence-corrected chi connectivity index (χ1v) is 8.02. The zero-order valence-electron chi connectivity index (χ0n) is 12.9. The Morgan fingerprint density at radius 1 is 1.04 bits per heavy atom. The number of hydrogen-bond donors (Lipinski definition) is 0. The van der Waals surface area contributed by atoms with Gasteiger partial charge in [-0.05, 0) is 37.5 Å². The van der Waals surface area contributed by atoms with Gasteiger partial charge in [-0.3, -0.25) is 9.78 Å². The van der Waals surface area contributed by atoms with E-state index < -0.39 is 0 Å². The van der Waals surface area contributed by atoms with E-state index in [4.69, 9.17) is 0 Å². The molecular weight excluding hydrogens is 290 g/mol. The Bertz CT molecular complexity index is 693. The predicted molar refractivity (Wildman–Crippen MR) is 87.1 cm³/mol. The van der Waals surface area contributed by atoms with Gasteiger partial charge in [0.2, 0.25) is 11.9 Å². The van der Waals surface area contributed by atoms with Crippen LogP contribution in [0.25, 0.3) is 0 Å². The number of pyridine rings is 1. The summed E-state index contributed by atoms with van der Waals surface area (Å²) in [7, 11) is 0. The summed E-state index contributed by atoms with van der Waals surface area (Å²) in [5.74, 6) is 0.935. The van der Waals surface area contributed by atoms with Crippen LogP contribution < -0.4 is 9.80 Å². The number of anilines is 2. The van der Waals surface area contributed by atoms with Gasteiger partial charge in [-0.15, -0.1) is 0 Å². The quantitative estimate of drug-likeness (QED) is 0.848. The lowest BCUT2D eigenvalue weighted by Gasteiger charge is -2.38. The number of nitrogens with zero attached hydrogens (tertiary/aromatic N) is 5. The van der Waals surface area contributed by atoms with E-state index in [1.54, 1.807) is 24.8 Å². The Balaban J connectivity index is 1.58. The minimum absolute atomic E-state index is 0.214. The molecule has 118 valence electrons. The number of carbonyl (C=O) groups is 1. The molecule has 0 bridgehead atoms. The monoisotopic (exact) mass is 309 g/mol. The molecule has 2 aliphatic heterocycles. The van der Waals surface area contributed by atoms with Crippen molar-refractivity contribution in [1.29, 1.82) is 0 Å². The van der Waals surface area contributed by atoms with Crippen molar-refractivity contribution in [2.45, 2.75) is 19.3 Å². The maximum atomic E-state index is 13.1. The SMILES string of the molecule is O=C1N(c2cccnc2)CCC12CCCN(c1ncccn1)C2. The summed E-state index contributed by atoms with van der Waals surface area (Å²) in [6, 6.07) is 5.64. The zero-order chi connectivity index (χ0) is 15.7. The lowest BCUT2D eigenvalue weighted by molar-refractivity contribution is -0.126. The van der Waals surface area contributed by atoms with Gasteiger partial charge < -0.3 is 9.80 Å². The van der Waals surface area contributed by atoms with Gasteiger partial charge in [-0.1, -0.05) is 0 Å². The molecule has 2 saturated heterocycles. The molecule has 1 atom stereocenters. The highest BCUT2D eigenvalue weighted by atomic mass is 16.2. The van der Waals surface area contributed by atoms with E-state index in [2.05, 4.69) is 19.9 Å². The van der Waals surface area contributed by atoms with Crippen LogP contribution in [0.3, 0.4) is 0 Å². The molecule has 6 heteroatoms. The summed E-state index contributed by atoms with van der Waals surface area (Å²) in [5.41, 5.74) is 0.579. The molecule has 1 amide bonds. The third kappa shape index (κ3) is 2.44. The maximum absolute atomic E-state index is 13.1. The zero-order valence-corrected chi connectivity index (χ0v) is 12.9. The van der Waals surface area contributed by atoms with Crippen molar-refractivity contribution < 1.29 is 4.79 Å². The number of hydrogen-bond acceptors (Lipinski definition) is 5. The van der Waals surface area contributed by atoms with Crippen molar-refractivity contribution in [2.75, 3.05) is 29.4 Å². The second kappa shape index (κ2) is 5.61. The molecule has 4 heterocycles. The Morgan fingerprint density at radius 2 is 1.91 bits per heavy atom. The van der Waals surface area contributed by atoms with Crippen LogP contribution in [0.4, 0.5) is 11.6 Å². The molecule has 1 spiro atoms. The Morgan fingerprint density at radius 3 is 2.70 bits per heavy atom. The topological polar surface area (TPSA) is 62.2 Å². The number of aromatic nitrogens is 3. The highest BCUT2D eigenvalue weighted by molar-refractivity contribution is 6.00. The number of carbonyl (C=O) groups excluding carboxylic acids is 1. The van der Waals surface area contributed by atoms with Gasteiger partial charge in [0.15, 0.2) is 0 Å². The third-order valence-corrected chi connectivity index (χ3v) is 4.88. The summed E-state index contributed by atoms with van der Waals surface area (Å²) in [6.07, 6.45) is 9.80. The van der Waals surface area contributed by atoms with E-state index in [-0.39, 0.29) is 11.3 Å². The van der Waals surface area contributed by atoms with E-state index >= 15 is 0 Å². The summed E-state index contributed by atoms with van der Waals surface area (Å²) in [5, 5.41) is 0. The first kappa shape index (κ1) is 14.1. The maximum Gasteiger partial charge on any atom is 0.235 e. The molecule has 2 aromatic rings. The van der Waals surface area contributed by atoms with E-state index in [1.165, 1.54) is 0 Å². The summed E-state index contributed by atoms with van der Waals surface area (Å²) < 4.78 is 0. The molecule has 0 aromatic carbocycles. The molecule has 2 fully saturated rings. The lowest BCUT2D eigenvalue weighted by Crippen LogP contribution is -2.48. The summed E-state index contributed by atoms with van der Waals surface area (Å²) in [6.45, 7) is 2.37. The van der Waals surface area contributed by atoms with Gasteiger partial charge in [0.25, 0.3) is 0 Å². The minimum Gasteiger partial charge on any atom is -0.340 e. The van der Waals surface area contributed by atoms with Crippen LogP contribution in [0.15, 0.2) is 43.0 Å². The van der Waals surface area contributed by atoms with E-state index in [9.17, 15) is 4.79 Å². The van der Waals surface area contributed by atoms with Crippen molar-refractivity contribution in [2.24, 2.45) is 5.41 Å². The molecule has 0 N–H and O–H groups in total. The van der Waals surface area contributed by atoms with Crippen LogP contribution in [-0.4, -0.2) is 40.5 Å². The molecule has 0 radical (unpaired) electrons. The molecule has 0 aliphatic carbocycles. The Kier molecular flexibility index (Phi) is 3.44. The van der Waals surface area contributed by atoms with Crippen molar-refractivity contribution in [3.8, 4) is 0 Å². The Labute approximate surface area is 135 Å². The van der Waals surface area contributed by atoms with Crippen LogP contribution in [0.2, 0.25) is 0 Å². The molecule has 2 aromatic heterocycles.